The molecule has 3 aliphatic heterocycles. The second kappa shape index (κ2) is 14.2. The molecule has 2 fully saturated rings. The van der Waals surface area contributed by atoms with E-state index in [2.05, 4.69) is 23.3 Å². The third-order valence-electron chi connectivity index (χ3n) is 9.82. The highest BCUT2D eigenvalue weighted by Crippen LogP contribution is 2.70. The number of alkyl carbamates (subject to hydrolysis) is 1. The lowest BCUT2D eigenvalue weighted by atomic mass is 9.85. The highest BCUT2D eigenvalue weighted by Gasteiger charge is 2.67. The molecule has 4 aliphatic rings. The number of benzene rings is 1. The Morgan fingerprint density at radius 1 is 1.19 bits per heavy atom. The Bertz CT molecular complexity index is 1480. The maximum absolute atomic E-state index is 14.3. The van der Waals surface area contributed by atoms with Crippen LogP contribution in [0.15, 0.2) is 30.9 Å². The molecule has 0 spiro atoms. The fraction of sp³-hybridized carbons (Fsp3) is 0.647. The first-order valence-corrected chi connectivity index (χ1v) is 18.5. The van der Waals surface area contributed by atoms with Gasteiger partial charge in [0.2, 0.25) is 11.8 Å². The molecule has 3 N–H and O–H groups in total. The molecule has 5 rings (SSSR count). The van der Waals surface area contributed by atoms with Crippen molar-refractivity contribution in [2.75, 3.05) is 19.8 Å². The second-order valence-corrected chi connectivity index (χ2v) is 16.4. The van der Waals surface area contributed by atoms with Crippen molar-refractivity contribution in [2.45, 2.75) is 109 Å². The Balaban J connectivity index is 1.43. The number of hydrogen-bond donors (Lipinski definition) is 3. The summed E-state index contributed by atoms with van der Waals surface area (Å²) in [5.41, 5.74) is 2.58. The molecule has 6 atom stereocenters. The fourth-order valence-corrected chi connectivity index (χ4v) is 8.82. The fourth-order valence-electron chi connectivity index (χ4n) is 7.04. The topological polar surface area (TPSA) is 164 Å². The SMILES string of the molecule is C=C[C@@H]1C[C@]1(NC(=O)[C@@H]1C[C@@H]2CN1C(=O)[C@H](C(C)(C)C)NC(=O)OCCCCCCc1cccc3c1CN(C3)C(=O)O2)P(=O)(O)OCC. The zero-order valence-electron chi connectivity index (χ0n) is 28.4. The van der Waals surface area contributed by atoms with Gasteiger partial charge in [0, 0.05) is 25.4 Å². The van der Waals surface area contributed by atoms with Crippen molar-refractivity contribution in [3.8, 4) is 0 Å². The van der Waals surface area contributed by atoms with Crippen molar-refractivity contribution in [2.24, 2.45) is 11.3 Å². The Hall–Kier alpha value is -3.41. The van der Waals surface area contributed by atoms with Gasteiger partial charge in [-0.1, -0.05) is 57.9 Å². The number of hydrogen-bond acceptors (Lipinski definition) is 8. The molecule has 4 bridgehead atoms. The Morgan fingerprint density at radius 3 is 2.60 bits per heavy atom. The number of aryl methyl sites for hydroxylation is 1. The predicted molar refractivity (Wildman–Crippen MR) is 177 cm³/mol. The summed E-state index contributed by atoms with van der Waals surface area (Å²) in [6, 6.07) is 3.84. The van der Waals surface area contributed by atoms with Crippen molar-refractivity contribution in [3.63, 3.8) is 0 Å². The molecular formula is C34H49N4O9P. The molecule has 0 aromatic heterocycles. The minimum atomic E-state index is -4.33. The molecule has 1 saturated carbocycles. The molecule has 1 aromatic carbocycles. The van der Waals surface area contributed by atoms with Crippen molar-refractivity contribution in [1.29, 1.82) is 0 Å². The lowest BCUT2D eigenvalue weighted by Crippen LogP contribution is -2.58. The Morgan fingerprint density at radius 2 is 1.92 bits per heavy atom. The average Bonchev–Trinajstić information content (AvgIpc) is 3.34. The highest BCUT2D eigenvalue weighted by molar-refractivity contribution is 7.55. The number of fused-ring (bicyclic) bond motifs is 3. The van der Waals surface area contributed by atoms with Crippen molar-refractivity contribution in [1.82, 2.24) is 20.4 Å². The van der Waals surface area contributed by atoms with Gasteiger partial charge in [-0.2, -0.15) is 0 Å². The van der Waals surface area contributed by atoms with Crippen molar-refractivity contribution >= 4 is 31.6 Å². The molecule has 14 heteroatoms. The van der Waals surface area contributed by atoms with Gasteiger partial charge in [-0.3, -0.25) is 19.1 Å². The first-order valence-electron chi connectivity index (χ1n) is 16.9. The number of cyclic esters (lactones) is 1. The lowest BCUT2D eigenvalue weighted by molar-refractivity contribution is -0.142. The van der Waals surface area contributed by atoms with Gasteiger partial charge < -0.3 is 34.4 Å². The summed E-state index contributed by atoms with van der Waals surface area (Å²) in [5.74, 6) is -1.76. The van der Waals surface area contributed by atoms with Crippen LogP contribution in [0.2, 0.25) is 0 Å². The van der Waals surface area contributed by atoms with Crippen LogP contribution in [0, 0.1) is 11.3 Å². The van der Waals surface area contributed by atoms with E-state index in [1.165, 1.54) is 16.5 Å². The maximum Gasteiger partial charge on any atom is 0.410 e. The zero-order valence-corrected chi connectivity index (χ0v) is 29.3. The van der Waals surface area contributed by atoms with E-state index in [-0.39, 0.29) is 32.6 Å². The molecule has 1 aromatic rings. The summed E-state index contributed by atoms with van der Waals surface area (Å²) in [4.78, 5) is 68.5. The van der Waals surface area contributed by atoms with Gasteiger partial charge in [0.25, 0.3) is 0 Å². The molecule has 1 unspecified atom stereocenters. The second-order valence-electron chi connectivity index (χ2n) is 14.3. The minimum absolute atomic E-state index is 0.0434. The van der Waals surface area contributed by atoms with Gasteiger partial charge >= 0.3 is 19.8 Å². The number of rotatable bonds is 6. The monoisotopic (exact) mass is 688 g/mol. The van der Waals surface area contributed by atoms with Crippen LogP contribution in [-0.4, -0.2) is 81.9 Å². The summed E-state index contributed by atoms with van der Waals surface area (Å²) in [5, 5.41) is 3.85. The van der Waals surface area contributed by atoms with Crippen LogP contribution < -0.4 is 10.6 Å². The zero-order chi connectivity index (χ0) is 34.9. The van der Waals surface area contributed by atoms with E-state index in [0.29, 0.717) is 19.5 Å². The molecule has 1 aliphatic carbocycles. The Labute approximate surface area is 282 Å². The molecule has 48 heavy (non-hydrogen) atoms. The third-order valence-corrected chi connectivity index (χ3v) is 12.1. The van der Waals surface area contributed by atoms with Crippen LogP contribution in [0.1, 0.15) is 82.9 Å². The molecule has 0 radical (unpaired) electrons. The van der Waals surface area contributed by atoms with E-state index in [1.807, 2.05) is 12.1 Å². The van der Waals surface area contributed by atoms with E-state index in [1.54, 1.807) is 32.6 Å². The smallest absolute Gasteiger partial charge is 0.410 e. The van der Waals surface area contributed by atoms with Crippen LogP contribution in [0.4, 0.5) is 9.59 Å². The molecule has 13 nitrogen and oxygen atoms in total. The minimum Gasteiger partial charge on any atom is -0.450 e. The predicted octanol–water partition coefficient (Wildman–Crippen LogP) is 4.61. The quantitative estimate of drug-likeness (QED) is 0.286. The summed E-state index contributed by atoms with van der Waals surface area (Å²) < 4.78 is 29.9. The van der Waals surface area contributed by atoms with E-state index in [4.69, 9.17) is 14.0 Å². The molecule has 264 valence electrons. The number of nitrogens with zero attached hydrogens (tertiary/aromatic N) is 2. The normalized spacial score (nSPS) is 29.6. The van der Waals surface area contributed by atoms with Crippen LogP contribution in [0.25, 0.3) is 0 Å². The summed E-state index contributed by atoms with van der Waals surface area (Å²) >= 11 is 0. The number of nitrogens with one attached hydrogen (secondary N) is 2. The van der Waals surface area contributed by atoms with Gasteiger partial charge in [-0.15, -0.1) is 6.58 Å². The van der Waals surface area contributed by atoms with Gasteiger partial charge in [0.1, 0.15) is 23.5 Å². The van der Waals surface area contributed by atoms with E-state index in [9.17, 15) is 28.6 Å². The molecule has 1 saturated heterocycles. The number of amides is 4. The standard InChI is InChI=1S/C34H49N4O9P/c1-6-24-18-34(24,48(43,44)46-7-2)36-29(39)27-17-25-20-38(27)30(40)28(33(3,4)5)35-31(41)45-16-11-9-8-10-13-22-14-12-15-23-19-37(21-26(22)23)32(42)47-25/h6,12,14-15,24-25,27-28H,1,7-11,13,16-21H2,2-5H3,(H,35,41)(H,36,39)(H,43,44)/t24-,25-,27+,28-,34+/m1/s1. The summed E-state index contributed by atoms with van der Waals surface area (Å²) in [6.45, 7) is 11.5. The molecular weight excluding hydrogens is 639 g/mol. The van der Waals surface area contributed by atoms with Crippen LogP contribution >= 0.6 is 7.60 Å². The van der Waals surface area contributed by atoms with E-state index < -0.39 is 66.4 Å². The average molecular weight is 689 g/mol. The summed E-state index contributed by atoms with van der Waals surface area (Å²) in [6.07, 6.45) is 3.77. The maximum atomic E-state index is 14.3. The lowest BCUT2D eigenvalue weighted by Gasteiger charge is -2.35. The largest absolute Gasteiger partial charge is 0.450 e. The third kappa shape index (κ3) is 7.43. The van der Waals surface area contributed by atoms with Gasteiger partial charge in [0.05, 0.1) is 19.8 Å². The van der Waals surface area contributed by atoms with Gasteiger partial charge in [-0.25, -0.2) is 9.59 Å². The number of ether oxygens (including phenoxy) is 2. The van der Waals surface area contributed by atoms with Crippen LogP contribution in [0.3, 0.4) is 0 Å². The Kier molecular flexibility index (Phi) is 10.6. The number of carbonyl (C=O) groups excluding carboxylic acids is 4. The molecule has 3 heterocycles. The van der Waals surface area contributed by atoms with Gasteiger partial charge in [0.15, 0.2) is 0 Å². The first-order chi connectivity index (χ1) is 22.7. The van der Waals surface area contributed by atoms with Crippen molar-refractivity contribution in [3.05, 3.63) is 47.5 Å². The van der Waals surface area contributed by atoms with Crippen LogP contribution in [-0.2, 0) is 47.7 Å². The van der Waals surface area contributed by atoms with Crippen molar-refractivity contribution < 1.29 is 42.6 Å². The molecule has 4 amide bonds. The van der Waals surface area contributed by atoms with Crippen LogP contribution in [0.5, 0.6) is 0 Å². The summed E-state index contributed by atoms with van der Waals surface area (Å²) in [7, 11) is -4.33. The van der Waals surface area contributed by atoms with E-state index >= 15 is 0 Å². The highest BCUT2D eigenvalue weighted by atomic mass is 31.2. The van der Waals surface area contributed by atoms with E-state index in [0.717, 1.165) is 36.8 Å². The first kappa shape index (κ1) is 35.9. The van der Waals surface area contributed by atoms with Gasteiger partial charge in [-0.05, 0) is 54.7 Å². The number of carbonyl (C=O) groups is 4.